The number of carbonyl (C=O) groups is 1. The van der Waals surface area contributed by atoms with Gasteiger partial charge in [0.05, 0.1) is 18.0 Å². The van der Waals surface area contributed by atoms with E-state index in [0.29, 0.717) is 23.7 Å². The normalized spacial score (nSPS) is 10.4. The van der Waals surface area contributed by atoms with Gasteiger partial charge in [0.15, 0.2) is 0 Å². The van der Waals surface area contributed by atoms with Crippen molar-refractivity contribution in [3.8, 4) is 17.0 Å². The van der Waals surface area contributed by atoms with Crippen molar-refractivity contribution in [1.29, 1.82) is 0 Å². The summed E-state index contributed by atoms with van der Waals surface area (Å²) in [6.07, 6.45) is 0. The lowest BCUT2D eigenvalue weighted by atomic mass is 10.1. The second-order valence-electron chi connectivity index (χ2n) is 4.15. The minimum absolute atomic E-state index is 0.112. The van der Waals surface area contributed by atoms with Crippen molar-refractivity contribution in [2.75, 3.05) is 12.3 Å². The number of nitrogen functional groups attached to an aromatic ring is 1. The molecule has 4 N–H and O–H groups in total. The van der Waals surface area contributed by atoms with E-state index in [2.05, 4.69) is 4.98 Å². The number of nitrogens with one attached hydrogen (secondary N) is 1. The van der Waals surface area contributed by atoms with Crippen molar-refractivity contribution >= 4 is 11.7 Å². The Kier molecular flexibility index (Phi) is 3.46. The Morgan fingerprint density at radius 1 is 1.42 bits per heavy atom. The van der Waals surface area contributed by atoms with E-state index in [1.54, 1.807) is 6.92 Å². The SMILES string of the molecule is CCOc1ccccc1-c1[nH]c(C)c(C(=O)O)c1N. The first-order valence-electron chi connectivity index (χ1n) is 5.99. The highest BCUT2D eigenvalue weighted by Gasteiger charge is 2.20. The van der Waals surface area contributed by atoms with Crippen LogP contribution in [-0.4, -0.2) is 22.7 Å². The van der Waals surface area contributed by atoms with E-state index in [9.17, 15) is 4.79 Å². The number of nitrogens with two attached hydrogens (primary N) is 1. The van der Waals surface area contributed by atoms with Gasteiger partial charge in [0.2, 0.25) is 0 Å². The summed E-state index contributed by atoms with van der Waals surface area (Å²) in [5.41, 5.74) is 8.16. The van der Waals surface area contributed by atoms with Crippen LogP contribution in [0, 0.1) is 6.92 Å². The summed E-state index contributed by atoms with van der Waals surface area (Å²) in [5, 5.41) is 9.15. The fourth-order valence-corrected chi connectivity index (χ4v) is 2.09. The molecule has 1 aromatic carbocycles. The van der Waals surface area contributed by atoms with E-state index < -0.39 is 5.97 Å². The van der Waals surface area contributed by atoms with Crippen molar-refractivity contribution < 1.29 is 14.6 Å². The molecule has 2 aromatic rings. The number of H-pyrrole nitrogens is 1. The fourth-order valence-electron chi connectivity index (χ4n) is 2.09. The molecule has 19 heavy (non-hydrogen) atoms. The van der Waals surface area contributed by atoms with Gasteiger partial charge in [-0.05, 0) is 26.0 Å². The molecule has 0 aliphatic heterocycles. The number of anilines is 1. The van der Waals surface area contributed by atoms with Gasteiger partial charge < -0.3 is 20.6 Å². The molecule has 1 aromatic heterocycles. The zero-order valence-electron chi connectivity index (χ0n) is 10.9. The van der Waals surface area contributed by atoms with Crippen molar-refractivity contribution in [1.82, 2.24) is 4.98 Å². The number of para-hydroxylation sites is 1. The van der Waals surface area contributed by atoms with Crippen molar-refractivity contribution in [2.24, 2.45) is 0 Å². The zero-order valence-corrected chi connectivity index (χ0v) is 10.9. The number of aromatic carboxylic acids is 1. The molecule has 0 amide bonds. The van der Waals surface area contributed by atoms with Gasteiger partial charge >= 0.3 is 5.97 Å². The Bertz CT molecular complexity index is 617. The first-order chi connectivity index (χ1) is 9.06. The Morgan fingerprint density at radius 2 is 2.11 bits per heavy atom. The quantitative estimate of drug-likeness (QED) is 0.788. The smallest absolute Gasteiger partial charge is 0.339 e. The lowest BCUT2D eigenvalue weighted by Gasteiger charge is -2.09. The van der Waals surface area contributed by atoms with Crippen LogP contribution in [0.25, 0.3) is 11.3 Å². The predicted molar refractivity (Wildman–Crippen MR) is 73.5 cm³/mol. The number of hydrogen-bond acceptors (Lipinski definition) is 3. The monoisotopic (exact) mass is 260 g/mol. The summed E-state index contributed by atoms with van der Waals surface area (Å²) in [6.45, 7) is 4.11. The number of carboxylic acid groups (broad SMARTS) is 1. The number of rotatable bonds is 4. The highest BCUT2D eigenvalue weighted by Crippen LogP contribution is 2.36. The van der Waals surface area contributed by atoms with Crippen LogP contribution in [0.15, 0.2) is 24.3 Å². The van der Waals surface area contributed by atoms with E-state index in [-0.39, 0.29) is 11.3 Å². The molecular formula is C14H16N2O3. The molecule has 0 atom stereocenters. The molecular weight excluding hydrogens is 244 g/mol. The van der Waals surface area contributed by atoms with Crippen LogP contribution in [-0.2, 0) is 0 Å². The lowest BCUT2D eigenvalue weighted by Crippen LogP contribution is -2.01. The molecule has 0 bridgehead atoms. The fraction of sp³-hybridized carbons (Fsp3) is 0.214. The average Bonchev–Trinajstić information content (AvgIpc) is 2.66. The molecule has 0 spiro atoms. The third kappa shape index (κ3) is 2.27. The maximum absolute atomic E-state index is 11.2. The molecule has 0 aliphatic rings. The highest BCUT2D eigenvalue weighted by atomic mass is 16.5. The van der Waals surface area contributed by atoms with E-state index in [0.717, 1.165) is 5.56 Å². The van der Waals surface area contributed by atoms with Crippen LogP contribution in [0.5, 0.6) is 5.75 Å². The van der Waals surface area contributed by atoms with Crippen LogP contribution in [0.3, 0.4) is 0 Å². The van der Waals surface area contributed by atoms with Crippen LogP contribution in [0.1, 0.15) is 23.0 Å². The maximum atomic E-state index is 11.2. The second kappa shape index (κ2) is 5.06. The highest BCUT2D eigenvalue weighted by molar-refractivity contribution is 6.00. The van der Waals surface area contributed by atoms with Gasteiger partial charge in [-0.1, -0.05) is 12.1 Å². The minimum Gasteiger partial charge on any atom is -0.493 e. The van der Waals surface area contributed by atoms with Crippen LogP contribution < -0.4 is 10.5 Å². The first-order valence-corrected chi connectivity index (χ1v) is 5.99. The number of benzene rings is 1. The molecule has 0 radical (unpaired) electrons. The van der Waals surface area contributed by atoms with E-state index in [1.165, 1.54) is 0 Å². The number of hydrogen-bond donors (Lipinski definition) is 3. The number of carboxylic acids is 1. The molecule has 0 aliphatic carbocycles. The van der Waals surface area contributed by atoms with Crippen LogP contribution in [0.4, 0.5) is 5.69 Å². The summed E-state index contributed by atoms with van der Waals surface area (Å²) >= 11 is 0. The summed E-state index contributed by atoms with van der Waals surface area (Å²) < 4.78 is 5.53. The third-order valence-corrected chi connectivity index (χ3v) is 2.90. The van der Waals surface area contributed by atoms with Gasteiger partial charge in [0.1, 0.15) is 11.3 Å². The first kappa shape index (κ1) is 13.0. The molecule has 1 heterocycles. The summed E-state index contributed by atoms with van der Waals surface area (Å²) in [4.78, 5) is 14.2. The summed E-state index contributed by atoms with van der Waals surface area (Å²) in [7, 11) is 0. The number of aromatic nitrogens is 1. The lowest BCUT2D eigenvalue weighted by molar-refractivity contribution is 0.0697. The van der Waals surface area contributed by atoms with Crippen molar-refractivity contribution in [2.45, 2.75) is 13.8 Å². The Hall–Kier alpha value is -2.43. The Morgan fingerprint density at radius 3 is 2.68 bits per heavy atom. The molecule has 0 saturated carbocycles. The number of aromatic amines is 1. The Labute approximate surface area is 111 Å². The standard InChI is InChI=1S/C14H16N2O3/c1-3-19-10-7-5-4-6-9(10)13-12(15)11(14(17)18)8(2)16-13/h4-7,16H,3,15H2,1-2H3,(H,17,18). The van der Waals surface area contributed by atoms with Gasteiger partial charge in [-0.3, -0.25) is 0 Å². The molecule has 0 saturated heterocycles. The van der Waals surface area contributed by atoms with Gasteiger partial charge in [-0.2, -0.15) is 0 Å². The van der Waals surface area contributed by atoms with Gasteiger partial charge in [-0.15, -0.1) is 0 Å². The predicted octanol–water partition coefficient (Wildman–Crippen LogP) is 2.67. The maximum Gasteiger partial charge on any atom is 0.339 e. The molecule has 0 unspecified atom stereocenters. The second-order valence-corrected chi connectivity index (χ2v) is 4.15. The van der Waals surface area contributed by atoms with E-state index in [1.807, 2.05) is 31.2 Å². The van der Waals surface area contributed by atoms with Crippen LogP contribution in [0.2, 0.25) is 0 Å². The largest absolute Gasteiger partial charge is 0.493 e. The molecule has 0 fully saturated rings. The van der Waals surface area contributed by atoms with E-state index in [4.69, 9.17) is 15.6 Å². The molecule has 100 valence electrons. The van der Waals surface area contributed by atoms with E-state index >= 15 is 0 Å². The van der Waals surface area contributed by atoms with Crippen LogP contribution >= 0.6 is 0 Å². The molecule has 2 rings (SSSR count). The van der Waals surface area contributed by atoms with Gasteiger partial charge in [0, 0.05) is 11.3 Å². The number of ether oxygens (including phenoxy) is 1. The molecule has 5 nitrogen and oxygen atoms in total. The van der Waals surface area contributed by atoms with Crippen molar-refractivity contribution in [3.63, 3.8) is 0 Å². The third-order valence-electron chi connectivity index (χ3n) is 2.90. The summed E-state index contributed by atoms with van der Waals surface area (Å²) in [6, 6.07) is 7.39. The zero-order chi connectivity index (χ0) is 14.0. The van der Waals surface area contributed by atoms with Gasteiger partial charge in [0.25, 0.3) is 0 Å². The molecule has 5 heteroatoms. The van der Waals surface area contributed by atoms with Crippen molar-refractivity contribution in [3.05, 3.63) is 35.5 Å². The minimum atomic E-state index is -1.04. The van der Waals surface area contributed by atoms with Gasteiger partial charge in [-0.25, -0.2) is 4.79 Å². The topological polar surface area (TPSA) is 88.3 Å². The average molecular weight is 260 g/mol. The number of aryl methyl sites for hydroxylation is 1. The summed E-state index contributed by atoms with van der Waals surface area (Å²) in [5.74, 6) is -0.360. The Balaban J connectivity index is 2.60.